The molecule has 0 radical (unpaired) electrons. The molecule has 0 aromatic heterocycles. The Bertz CT molecular complexity index is 1040. The molecule has 4 N–H and O–H groups in total. The SMILES string of the molecule is CC(C)C[C@H](CC(=O)NO)C(=O)N[C@@H](Cc1ccc2ccccc2c1)C(=O)NCCCN1CCOCC1. The molecule has 0 spiro atoms. The summed E-state index contributed by atoms with van der Waals surface area (Å²) in [7, 11) is 0. The third kappa shape index (κ3) is 9.42. The molecular weight excluding hydrogens is 472 g/mol. The van der Waals surface area contributed by atoms with E-state index >= 15 is 0 Å². The first kappa shape index (κ1) is 28.6. The number of ether oxygens (including phenoxy) is 1. The van der Waals surface area contributed by atoms with Gasteiger partial charge in [0.25, 0.3) is 0 Å². The molecule has 1 aliphatic rings. The number of carbonyl (C=O) groups is 3. The lowest BCUT2D eigenvalue weighted by atomic mass is 9.92. The molecule has 2 aromatic rings. The number of benzene rings is 2. The summed E-state index contributed by atoms with van der Waals surface area (Å²) in [6, 6.07) is 13.2. The number of carbonyl (C=O) groups excluding carboxylic acids is 3. The van der Waals surface area contributed by atoms with Crippen LogP contribution in [0.1, 0.15) is 38.7 Å². The van der Waals surface area contributed by atoms with Crippen LogP contribution in [-0.2, 0) is 25.5 Å². The van der Waals surface area contributed by atoms with Crippen LogP contribution in [-0.4, -0.2) is 73.3 Å². The maximum atomic E-state index is 13.2. The molecule has 0 bridgehead atoms. The minimum absolute atomic E-state index is 0.148. The fourth-order valence-corrected chi connectivity index (χ4v) is 4.68. The number of amides is 3. The van der Waals surface area contributed by atoms with Crippen molar-refractivity contribution in [2.75, 3.05) is 39.4 Å². The van der Waals surface area contributed by atoms with Crippen LogP contribution >= 0.6 is 0 Å². The molecule has 3 amide bonds. The number of fused-ring (bicyclic) bond motifs is 1. The van der Waals surface area contributed by atoms with Crippen molar-refractivity contribution in [3.05, 3.63) is 48.0 Å². The Balaban J connectivity index is 1.68. The highest BCUT2D eigenvalue weighted by Gasteiger charge is 2.28. The first-order valence-corrected chi connectivity index (χ1v) is 13.1. The van der Waals surface area contributed by atoms with Crippen LogP contribution in [0.3, 0.4) is 0 Å². The van der Waals surface area contributed by atoms with Crippen LogP contribution < -0.4 is 16.1 Å². The maximum Gasteiger partial charge on any atom is 0.244 e. The number of rotatable bonds is 13. The van der Waals surface area contributed by atoms with Gasteiger partial charge in [0.05, 0.1) is 13.2 Å². The van der Waals surface area contributed by atoms with Gasteiger partial charge in [-0.2, -0.15) is 0 Å². The Kier molecular flexibility index (Phi) is 11.3. The monoisotopic (exact) mass is 512 g/mol. The van der Waals surface area contributed by atoms with Crippen molar-refractivity contribution >= 4 is 28.5 Å². The Morgan fingerprint density at radius 2 is 1.76 bits per heavy atom. The van der Waals surface area contributed by atoms with E-state index in [1.807, 2.05) is 56.3 Å². The van der Waals surface area contributed by atoms with Crippen molar-refractivity contribution < 1.29 is 24.3 Å². The molecule has 2 atom stereocenters. The lowest BCUT2D eigenvalue weighted by Gasteiger charge is -2.26. The molecule has 9 nitrogen and oxygen atoms in total. The quantitative estimate of drug-likeness (QED) is 0.186. The second kappa shape index (κ2) is 14.7. The van der Waals surface area contributed by atoms with Crippen LogP contribution in [0.5, 0.6) is 0 Å². The summed E-state index contributed by atoms with van der Waals surface area (Å²) in [5.41, 5.74) is 2.54. The normalized spacial score (nSPS) is 15.8. The Labute approximate surface area is 218 Å². The van der Waals surface area contributed by atoms with E-state index in [2.05, 4.69) is 15.5 Å². The Hall–Kier alpha value is -3.01. The first-order chi connectivity index (χ1) is 17.9. The van der Waals surface area contributed by atoms with Crippen molar-refractivity contribution in [1.82, 2.24) is 21.0 Å². The van der Waals surface area contributed by atoms with E-state index in [9.17, 15) is 14.4 Å². The summed E-state index contributed by atoms with van der Waals surface area (Å²) in [5, 5.41) is 17.0. The number of morpholine rings is 1. The highest BCUT2D eigenvalue weighted by Crippen LogP contribution is 2.19. The Morgan fingerprint density at radius 3 is 2.46 bits per heavy atom. The second-order valence-electron chi connectivity index (χ2n) is 10.1. The van der Waals surface area contributed by atoms with Crippen molar-refractivity contribution in [1.29, 1.82) is 0 Å². The smallest absolute Gasteiger partial charge is 0.244 e. The van der Waals surface area contributed by atoms with Crippen molar-refractivity contribution in [2.45, 2.75) is 45.6 Å². The number of hydrogen-bond acceptors (Lipinski definition) is 6. The predicted molar refractivity (Wildman–Crippen MR) is 142 cm³/mol. The molecule has 9 heteroatoms. The molecule has 1 fully saturated rings. The average Bonchev–Trinajstić information content (AvgIpc) is 2.90. The third-order valence-electron chi connectivity index (χ3n) is 6.62. The summed E-state index contributed by atoms with van der Waals surface area (Å²) in [6.07, 6.45) is 1.44. The molecule has 3 rings (SSSR count). The maximum absolute atomic E-state index is 13.2. The zero-order chi connectivity index (χ0) is 26.6. The van der Waals surface area contributed by atoms with E-state index < -0.39 is 17.9 Å². The van der Waals surface area contributed by atoms with Gasteiger partial charge < -0.3 is 15.4 Å². The largest absolute Gasteiger partial charge is 0.379 e. The fourth-order valence-electron chi connectivity index (χ4n) is 4.68. The molecule has 0 unspecified atom stereocenters. The van der Waals surface area contributed by atoms with Crippen molar-refractivity contribution in [3.8, 4) is 0 Å². The summed E-state index contributed by atoms with van der Waals surface area (Å²) in [6.45, 7) is 8.56. The number of nitrogens with zero attached hydrogens (tertiary/aromatic N) is 1. The summed E-state index contributed by atoms with van der Waals surface area (Å²) >= 11 is 0. The van der Waals surface area contributed by atoms with Crippen LogP contribution in [0, 0.1) is 11.8 Å². The van der Waals surface area contributed by atoms with Gasteiger partial charge in [-0.3, -0.25) is 24.5 Å². The minimum atomic E-state index is -0.788. The van der Waals surface area contributed by atoms with Crippen molar-refractivity contribution in [3.63, 3.8) is 0 Å². The summed E-state index contributed by atoms with van der Waals surface area (Å²) in [4.78, 5) is 40.6. The van der Waals surface area contributed by atoms with Crippen LogP contribution in [0.2, 0.25) is 0 Å². The van der Waals surface area contributed by atoms with Gasteiger partial charge in [0.2, 0.25) is 17.7 Å². The van der Waals surface area contributed by atoms with Gasteiger partial charge in [-0.05, 0) is 41.6 Å². The van der Waals surface area contributed by atoms with Crippen LogP contribution in [0.25, 0.3) is 10.8 Å². The predicted octanol–water partition coefficient (Wildman–Crippen LogP) is 2.26. The molecule has 0 saturated carbocycles. The molecule has 0 aliphatic carbocycles. The van der Waals surface area contributed by atoms with E-state index in [-0.39, 0.29) is 24.2 Å². The average molecular weight is 513 g/mol. The van der Waals surface area contributed by atoms with Crippen LogP contribution in [0.15, 0.2) is 42.5 Å². The lowest BCUT2D eigenvalue weighted by molar-refractivity contribution is -0.136. The zero-order valence-corrected chi connectivity index (χ0v) is 21.9. The number of nitrogens with one attached hydrogen (secondary N) is 3. The Morgan fingerprint density at radius 1 is 1.03 bits per heavy atom. The van der Waals surface area contributed by atoms with E-state index in [1.165, 1.54) is 0 Å². The topological polar surface area (TPSA) is 120 Å². The third-order valence-corrected chi connectivity index (χ3v) is 6.62. The standard InChI is InChI=1S/C28H40N4O5/c1-20(2)16-24(19-26(33)31-36)27(34)30-25(18-21-8-9-22-6-3-4-7-23(22)17-21)28(35)29-10-5-11-32-12-14-37-15-13-32/h3-4,6-9,17,20,24-25,36H,5,10-16,18-19H2,1-2H3,(H,29,35)(H,30,34)(H,31,33)/t24-,25+/m1/s1. The van der Waals surface area contributed by atoms with Gasteiger partial charge in [-0.25, -0.2) is 5.48 Å². The molecule has 202 valence electrons. The van der Waals surface area contributed by atoms with E-state index in [0.717, 1.165) is 55.6 Å². The number of hydrogen-bond donors (Lipinski definition) is 4. The molecule has 1 aliphatic heterocycles. The van der Waals surface area contributed by atoms with E-state index in [0.29, 0.717) is 19.4 Å². The number of hydroxylamine groups is 1. The molecule has 1 heterocycles. The van der Waals surface area contributed by atoms with E-state index in [1.54, 1.807) is 5.48 Å². The zero-order valence-electron chi connectivity index (χ0n) is 21.9. The van der Waals surface area contributed by atoms with Crippen LogP contribution in [0.4, 0.5) is 0 Å². The summed E-state index contributed by atoms with van der Waals surface area (Å²) in [5.74, 6) is -1.74. The minimum Gasteiger partial charge on any atom is -0.379 e. The first-order valence-electron chi connectivity index (χ1n) is 13.1. The highest BCUT2D eigenvalue weighted by atomic mass is 16.5. The molecular formula is C28H40N4O5. The van der Waals surface area contributed by atoms with Gasteiger partial charge in [0.15, 0.2) is 0 Å². The fraction of sp³-hybridized carbons (Fsp3) is 0.536. The van der Waals surface area contributed by atoms with Gasteiger partial charge in [-0.1, -0.05) is 56.3 Å². The van der Waals surface area contributed by atoms with Crippen molar-refractivity contribution in [2.24, 2.45) is 11.8 Å². The molecule has 1 saturated heterocycles. The summed E-state index contributed by atoms with van der Waals surface area (Å²) < 4.78 is 5.38. The van der Waals surface area contributed by atoms with Gasteiger partial charge in [0, 0.05) is 38.4 Å². The van der Waals surface area contributed by atoms with Gasteiger partial charge in [0.1, 0.15) is 6.04 Å². The molecule has 2 aromatic carbocycles. The second-order valence-corrected chi connectivity index (χ2v) is 10.1. The van der Waals surface area contributed by atoms with Gasteiger partial charge >= 0.3 is 0 Å². The lowest BCUT2D eigenvalue weighted by Crippen LogP contribution is -2.50. The van der Waals surface area contributed by atoms with E-state index in [4.69, 9.17) is 9.94 Å². The highest BCUT2D eigenvalue weighted by molar-refractivity contribution is 5.91. The van der Waals surface area contributed by atoms with Gasteiger partial charge in [-0.15, -0.1) is 0 Å². The molecule has 37 heavy (non-hydrogen) atoms.